The number of carbonyl (C=O) groups is 1. The van der Waals surface area contributed by atoms with Gasteiger partial charge in [0.1, 0.15) is 17.7 Å². The molecule has 0 aliphatic carbocycles. The number of anilines is 1. The maximum absolute atomic E-state index is 13.5. The van der Waals surface area contributed by atoms with Gasteiger partial charge in [0.2, 0.25) is 0 Å². The number of nitrogens with one attached hydrogen (secondary N) is 1. The van der Waals surface area contributed by atoms with Gasteiger partial charge in [0, 0.05) is 12.2 Å². The molecular formula is C21H22F2N2O2. The maximum atomic E-state index is 13.5. The molecule has 0 radical (unpaired) electrons. The summed E-state index contributed by atoms with van der Waals surface area (Å²) in [7, 11) is 0. The number of ether oxygens (including phenoxy) is 1. The van der Waals surface area contributed by atoms with Crippen molar-refractivity contribution >= 4 is 11.7 Å². The number of halogens is 2. The molecule has 27 heavy (non-hydrogen) atoms. The molecule has 2 aromatic rings. The average molecular weight is 372 g/mol. The third-order valence-electron chi connectivity index (χ3n) is 5.44. The van der Waals surface area contributed by atoms with Crippen LogP contribution in [0.25, 0.3) is 0 Å². The van der Waals surface area contributed by atoms with E-state index in [4.69, 9.17) is 4.74 Å². The average Bonchev–Trinajstić information content (AvgIpc) is 2.68. The van der Waals surface area contributed by atoms with Crippen molar-refractivity contribution in [2.45, 2.75) is 25.0 Å². The zero-order valence-corrected chi connectivity index (χ0v) is 14.9. The Bertz CT molecular complexity index is 804. The summed E-state index contributed by atoms with van der Waals surface area (Å²) in [6.45, 7) is 2.87. The van der Waals surface area contributed by atoms with E-state index in [2.05, 4.69) is 10.2 Å². The monoisotopic (exact) mass is 372 g/mol. The van der Waals surface area contributed by atoms with Crippen molar-refractivity contribution in [3.8, 4) is 0 Å². The third-order valence-corrected chi connectivity index (χ3v) is 5.44. The molecule has 0 spiro atoms. The van der Waals surface area contributed by atoms with Crippen LogP contribution in [0.2, 0.25) is 0 Å². The van der Waals surface area contributed by atoms with Crippen LogP contribution < -0.4 is 5.32 Å². The van der Waals surface area contributed by atoms with Gasteiger partial charge in [-0.05, 0) is 67.7 Å². The Balaban J connectivity index is 1.55. The number of hydrogen-bond donors (Lipinski definition) is 1. The SMILES string of the molecule is O=C(OC1CN2CCC1CC2)C(Nc1cccc(F)c1)c1ccc(F)cc1. The minimum absolute atomic E-state index is 0.128. The fourth-order valence-electron chi connectivity index (χ4n) is 3.94. The molecule has 1 N–H and O–H groups in total. The van der Waals surface area contributed by atoms with E-state index in [0.29, 0.717) is 17.2 Å². The van der Waals surface area contributed by atoms with Crippen LogP contribution in [0.3, 0.4) is 0 Å². The molecule has 2 unspecified atom stereocenters. The normalized spacial score (nSPS) is 25.0. The quantitative estimate of drug-likeness (QED) is 0.812. The third kappa shape index (κ3) is 4.11. The Morgan fingerprint density at radius 2 is 1.81 bits per heavy atom. The fraction of sp³-hybridized carbons (Fsp3) is 0.381. The molecule has 5 rings (SSSR count). The highest BCUT2D eigenvalue weighted by Gasteiger charge is 2.37. The van der Waals surface area contributed by atoms with E-state index in [1.807, 2.05) is 0 Å². The Hall–Kier alpha value is -2.47. The van der Waals surface area contributed by atoms with E-state index in [9.17, 15) is 13.6 Å². The van der Waals surface area contributed by atoms with Gasteiger partial charge in [-0.15, -0.1) is 0 Å². The topological polar surface area (TPSA) is 41.6 Å². The number of carbonyl (C=O) groups excluding carboxylic acids is 1. The molecule has 2 aromatic carbocycles. The molecule has 4 nitrogen and oxygen atoms in total. The number of benzene rings is 2. The van der Waals surface area contributed by atoms with E-state index in [1.165, 1.54) is 24.3 Å². The van der Waals surface area contributed by atoms with Crippen molar-refractivity contribution in [2.75, 3.05) is 25.0 Å². The van der Waals surface area contributed by atoms with E-state index in [-0.39, 0.29) is 11.9 Å². The molecule has 0 saturated carbocycles. The summed E-state index contributed by atoms with van der Waals surface area (Å²) >= 11 is 0. The van der Waals surface area contributed by atoms with Gasteiger partial charge >= 0.3 is 5.97 Å². The lowest BCUT2D eigenvalue weighted by atomic mass is 9.86. The van der Waals surface area contributed by atoms with Gasteiger partial charge in [-0.25, -0.2) is 13.6 Å². The zero-order chi connectivity index (χ0) is 18.8. The van der Waals surface area contributed by atoms with Gasteiger partial charge in [-0.1, -0.05) is 18.2 Å². The standard InChI is InChI=1S/C21H22F2N2O2/c22-16-6-4-15(5-7-16)20(24-18-3-1-2-17(23)12-18)21(26)27-19-13-25-10-8-14(19)9-11-25/h1-7,12,14,19-20,24H,8-11,13H2. The number of nitrogens with zero attached hydrogens (tertiary/aromatic N) is 1. The van der Waals surface area contributed by atoms with Crippen LogP contribution in [0.5, 0.6) is 0 Å². The molecule has 2 atom stereocenters. The predicted octanol–water partition coefficient (Wildman–Crippen LogP) is 3.76. The highest BCUT2D eigenvalue weighted by Crippen LogP contribution is 2.31. The van der Waals surface area contributed by atoms with Crippen LogP contribution in [-0.2, 0) is 9.53 Å². The Morgan fingerprint density at radius 3 is 2.44 bits per heavy atom. The first-order valence-electron chi connectivity index (χ1n) is 9.29. The first-order valence-corrected chi connectivity index (χ1v) is 9.29. The minimum atomic E-state index is -0.831. The van der Waals surface area contributed by atoms with E-state index in [0.717, 1.165) is 32.5 Å². The van der Waals surface area contributed by atoms with Gasteiger partial charge in [0.25, 0.3) is 0 Å². The molecule has 3 fully saturated rings. The van der Waals surface area contributed by atoms with Crippen LogP contribution in [0.15, 0.2) is 48.5 Å². The van der Waals surface area contributed by atoms with Crippen molar-refractivity contribution < 1.29 is 18.3 Å². The lowest BCUT2D eigenvalue weighted by molar-refractivity contribution is -0.159. The summed E-state index contributed by atoms with van der Waals surface area (Å²) in [6, 6.07) is 10.8. The second-order valence-corrected chi connectivity index (χ2v) is 7.25. The molecular weight excluding hydrogens is 350 g/mol. The minimum Gasteiger partial charge on any atom is -0.459 e. The van der Waals surface area contributed by atoms with Crippen molar-refractivity contribution in [3.05, 3.63) is 65.7 Å². The first-order chi connectivity index (χ1) is 13.1. The number of fused-ring (bicyclic) bond motifs is 3. The highest BCUT2D eigenvalue weighted by atomic mass is 19.1. The van der Waals surface area contributed by atoms with Crippen molar-refractivity contribution in [2.24, 2.45) is 5.92 Å². The van der Waals surface area contributed by atoms with E-state index in [1.54, 1.807) is 24.3 Å². The van der Waals surface area contributed by atoms with Gasteiger partial charge < -0.3 is 10.1 Å². The molecule has 3 saturated heterocycles. The largest absolute Gasteiger partial charge is 0.459 e. The van der Waals surface area contributed by atoms with Crippen LogP contribution in [-0.4, -0.2) is 36.6 Å². The Labute approximate surface area is 157 Å². The number of hydrogen-bond acceptors (Lipinski definition) is 4. The summed E-state index contributed by atoms with van der Waals surface area (Å²) in [6.07, 6.45) is 1.95. The van der Waals surface area contributed by atoms with E-state index < -0.39 is 17.8 Å². The Kier molecular flexibility index (Phi) is 5.07. The second kappa shape index (κ2) is 7.64. The van der Waals surface area contributed by atoms with Crippen molar-refractivity contribution in [3.63, 3.8) is 0 Å². The fourth-order valence-corrected chi connectivity index (χ4v) is 3.94. The molecule has 3 heterocycles. The van der Waals surface area contributed by atoms with Crippen molar-refractivity contribution in [1.82, 2.24) is 4.90 Å². The lowest BCUT2D eigenvalue weighted by Crippen LogP contribution is -2.52. The lowest BCUT2D eigenvalue weighted by Gasteiger charge is -2.44. The number of piperidine rings is 3. The van der Waals surface area contributed by atoms with Gasteiger partial charge in [0.05, 0.1) is 0 Å². The summed E-state index contributed by atoms with van der Waals surface area (Å²) in [5.41, 5.74) is 1.04. The van der Waals surface area contributed by atoms with Crippen LogP contribution in [0.4, 0.5) is 14.5 Å². The van der Waals surface area contributed by atoms with Gasteiger partial charge in [0.15, 0.2) is 6.04 Å². The number of esters is 1. The molecule has 2 bridgehead atoms. The molecule has 3 aliphatic heterocycles. The first kappa shape index (κ1) is 17.9. The number of rotatable bonds is 5. The summed E-state index contributed by atoms with van der Waals surface area (Å²) in [5, 5.41) is 3.04. The molecule has 3 aliphatic rings. The smallest absolute Gasteiger partial charge is 0.333 e. The zero-order valence-electron chi connectivity index (χ0n) is 14.9. The van der Waals surface area contributed by atoms with Crippen LogP contribution >= 0.6 is 0 Å². The molecule has 6 heteroatoms. The van der Waals surface area contributed by atoms with Gasteiger partial charge in [-0.3, -0.25) is 4.90 Å². The summed E-state index contributed by atoms with van der Waals surface area (Å²) in [5.74, 6) is -0.816. The summed E-state index contributed by atoms with van der Waals surface area (Å²) < 4.78 is 32.7. The van der Waals surface area contributed by atoms with Crippen molar-refractivity contribution in [1.29, 1.82) is 0 Å². The van der Waals surface area contributed by atoms with Gasteiger partial charge in [-0.2, -0.15) is 0 Å². The maximum Gasteiger partial charge on any atom is 0.333 e. The Morgan fingerprint density at radius 1 is 1.07 bits per heavy atom. The summed E-state index contributed by atoms with van der Waals surface area (Å²) in [4.78, 5) is 15.3. The van der Waals surface area contributed by atoms with E-state index >= 15 is 0 Å². The molecule has 0 amide bonds. The van der Waals surface area contributed by atoms with Crippen LogP contribution in [0, 0.1) is 17.6 Å². The highest BCUT2D eigenvalue weighted by molar-refractivity contribution is 5.81. The molecule has 0 aromatic heterocycles. The molecule has 142 valence electrons. The predicted molar refractivity (Wildman–Crippen MR) is 98.2 cm³/mol. The second-order valence-electron chi connectivity index (χ2n) is 7.25. The van der Waals surface area contributed by atoms with Crippen LogP contribution in [0.1, 0.15) is 24.4 Å².